The monoisotopic (exact) mass is 472 g/mol. The highest BCUT2D eigenvalue weighted by molar-refractivity contribution is 5.86. The molecule has 2 N–H and O–H groups in total. The number of aliphatic hydroxyl groups excluding tert-OH is 1. The van der Waals surface area contributed by atoms with Gasteiger partial charge in [-0.2, -0.15) is 0 Å². The summed E-state index contributed by atoms with van der Waals surface area (Å²) in [6, 6.07) is 0. The summed E-state index contributed by atoms with van der Waals surface area (Å²) in [6.07, 6.45) is 10.7. The number of rotatable bonds is 2. The molecule has 1 aliphatic heterocycles. The van der Waals surface area contributed by atoms with Gasteiger partial charge < -0.3 is 14.9 Å². The van der Waals surface area contributed by atoms with Crippen LogP contribution in [0, 0.1) is 50.7 Å². The average molecular weight is 473 g/mol. The van der Waals surface area contributed by atoms with Crippen molar-refractivity contribution in [3.63, 3.8) is 0 Å². The second kappa shape index (κ2) is 6.90. The van der Waals surface area contributed by atoms with Crippen molar-refractivity contribution in [2.24, 2.45) is 50.7 Å². The molecule has 10 atom stereocenters. The molecule has 6 rings (SSSR count). The van der Waals surface area contributed by atoms with Gasteiger partial charge in [-0.25, -0.2) is 0 Å². The molecule has 192 valence electrons. The molecule has 0 radical (unpaired) electrons. The van der Waals surface area contributed by atoms with E-state index in [1.807, 2.05) is 0 Å². The molecule has 5 aliphatic carbocycles. The maximum absolute atomic E-state index is 12.9. The standard InChI is InChI=1S/C30H48O4/c1-25(2)21-7-8-22-28(6)11-9-19(18-15-20(31)24(34-16-18)26(3,4)33)27(28,5)13-14-30(22)17-29(21,30)12-10-23(25)32/h18-22,24,31,33H,7-17H2,1-6H3/t18-,19+,20-,21-,22-,24-,27+,28-,29+,30-/m0/s1. The van der Waals surface area contributed by atoms with Crippen molar-refractivity contribution in [2.75, 3.05) is 6.61 Å². The zero-order valence-corrected chi connectivity index (χ0v) is 22.5. The van der Waals surface area contributed by atoms with Crippen LogP contribution in [-0.2, 0) is 9.53 Å². The van der Waals surface area contributed by atoms with Crippen LogP contribution in [0.25, 0.3) is 0 Å². The van der Waals surface area contributed by atoms with E-state index in [0.717, 1.165) is 25.2 Å². The first-order valence-corrected chi connectivity index (χ1v) is 14.3. The van der Waals surface area contributed by atoms with Gasteiger partial charge in [-0.05, 0) is 117 Å². The Morgan fingerprint density at radius 3 is 2.26 bits per heavy atom. The van der Waals surface area contributed by atoms with E-state index in [2.05, 4.69) is 27.7 Å². The summed E-state index contributed by atoms with van der Waals surface area (Å²) >= 11 is 0. The SMILES string of the molecule is CC(C)(O)[C@H]1OC[C@@H]([C@H]2CC[C@@]3(C)[C@@H]4CC[C@H]5C(C)(C)C(=O)CC[C@@]56C[C@@]46CC[C@]23C)C[C@@H]1O. The number of carbonyl (C=O) groups excluding carboxylic acids is 1. The fourth-order valence-corrected chi connectivity index (χ4v) is 11.8. The van der Waals surface area contributed by atoms with Crippen molar-refractivity contribution in [1.29, 1.82) is 0 Å². The molecule has 6 fully saturated rings. The van der Waals surface area contributed by atoms with E-state index >= 15 is 0 Å². The molecule has 4 nitrogen and oxygen atoms in total. The average Bonchev–Trinajstić information content (AvgIpc) is 3.33. The van der Waals surface area contributed by atoms with Crippen molar-refractivity contribution in [3.05, 3.63) is 0 Å². The summed E-state index contributed by atoms with van der Waals surface area (Å²) in [6.45, 7) is 13.9. The van der Waals surface area contributed by atoms with Gasteiger partial charge in [0.25, 0.3) is 0 Å². The Bertz CT molecular complexity index is 889. The highest BCUT2D eigenvalue weighted by atomic mass is 16.5. The molecule has 34 heavy (non-hydrogen) atoms. The molecule has 5 saturated carbocycles. The lowest BCUT2D eigenvalue weighted by molar-refractivity contribution is -0.194. The van der Waals surface area contributed by atoms with Gasteiger partial charge in [-0.3, -0.25) is 4.79 Å². The van der Waals surface area contributed by atoms with Crippen molar-refractivity contribution in [2.45, 2.75) is 124 Å². The lowest BCUT2D eigenvalue weighted by Crippen LogP contribution is -2.58. The van der Waals surface area contributed by atoms with Crippen molar-refractivity contribution >= 4 is 5.78 Å². The summed E-state index contributed by atoms with van der Waals surface area (Å²) in [5.74, 6) is 2.84. The Labute approximate surface area is 206 Å². The third-order valence-electron chi connectivity index (χ3n) is 13.6. The Morgan fingerprint density at radius 2 is 1.59 bits per heavy atom. The number of hydrogen-bond donors (Lipinski definition) is 2. The van der Waals surface area contributed by atoms with Crippen LogP contribution in [-0.4, -0.2) is 40.4 Å². The highest BCUT2D eigenvalue weighted by Gasteiger charge is 2.82. The minimum absolute atomic E-state index is 0.140. The molecular weight excluding hydrogens is 424 g/mol. The molecule has 0 bridgehead atoms. The number of carbonyl (C=O) groups is 1. The third-order valence-corrected chi connectivity index (χ3v) is 13.6. The van der Waals surface area contributed by atoms with E-state index in [-0.39, 0.29) is 10.8 Å². The van der Waals surface area contributed by atoms with Gasteiger partial charge in [0.05, 0.1) is 18.3 Å². The third kappa shape index (κ3) is 2.69. The molecule has 6 aliphatic rings. The topological polar surface area (TPSA) is 66.8 Å². The number of fused-ring (bicyclic) bond motifs is 2. The summed E-state index contributed by atoms with van der Waals surface area (Å²) in [5.41, 5.74) is 0.386. The second-order valence-corrected chi connectivity index (χ2v) is 15.3. The molecule has 0 aromatic rings. The van der Waals surface area contributed by atoms with E-state index in [1.165, 1.54) is 44.9 Å². The van der Waals surface area contributed by atoms with Crippen molar-refractivity contribution in [3.8, 4) is 0 Å². The van der Waals surface area contributed by atoms with Gasteiger partial charge >= 0.3 is 0 Å². The number of ether oxygens (including phenoxy) is 1. The Hall–Kier alpha value is -0.450. The quantitative estimate of drug-likeness (QED) is 0.554. The van der Waals surface area contributed by atoms with Gasteiger partial charge in [0.15, 0.2) is 0 Å². The number of hydrogen-bond acceptors (Lipinski definition) is 4. The Kier molecular flexibility index (Phi) is 4.85. The Morgan fingerprint density at radius 1 is 0.912 bits per heavy atom. The van der Waals surface area contributed by atoms with Crippen LogP contribution in [0.5, 0.6) is 0 Å². The zero-order chi connectivity index (χ0) is 24.5. The smallest absolute Gasteiger partial charge is 0.138 e. The minimum Gasteiger partial charge on any atom is -0.390 e. The second-order valence-electron chi connectivity index (χ2n) is 15.3. The zero-order valence-electron chi connectivity index (χ0n) is 22.5. The molecule has 0 aromatic heterocycles. The maximum atomic E-state index is 12.9. The van der Waals surface area contributed by atoms with E-state index in [1.54, 1.807) is 13.8 Å². The highest BCUT2D eigenvalue weighted by Crippen LogP contribution is 2.88. The fourth-order valence-electron chi connectivity index (χ4n) is 11.8. The first-order chi connectivity index (χ1) is 15.7. The maximum Gasteiger partial charge on any atom is 0.138 e. The van der Waals surface area contributed by atoms with Crippen LogP contribution in [0.15, 0.2) is 0 Å². The van der Waals surface area contributed by atoms with Crippen LogP contribution >= 0.6 is 0 Å². The van der Waals surface area contributed by atoms with E-state index < -0.39 is 17.8 Å². The molecule has 0 amide bonds. The van der Waals surface area contributed by atoms with E-state index in [0.29, 0.717) is 46.4 Å². The molecular formula is C30H48O4. The minimum atomic E-state index is -1.01. The summed E-state index contributed by atoms with van der Waals surface area (Å²) in [4.78, 5) is 12.9. The van der Waals surface area contributed by atoms with Crippen LogP contribution in [0.1, 0.15) is 106 Å². The van der Waals surface area contributed by atoms with Crippen LogP contribution in [0.2, 0.25) is 0 Å². The lowest BCUT2D eigenvalue weighted by atomic mass is 9.42. The van der Waals surface area contributed by atoms with Gasteiger partial charge in [0.1, 0.15) is 11.9 Å². The van der Waals surface area contributed by atoms with Gasteiger partial charge in [-0.15, -0.1) is 0 Å². The first-order valence-electron chi connectivity index (χ1n) is 14.3. The van der Waals surface area contributed by atoms with Gasteiger partial charge in [-0.1, -0.05) is 27.7 Å². The lowest BCUT2D eigenvalue weighted by Gasteiger charge is -2.63. The van der Waals surface area contributed by atoms with Crippen LogP contribution in [0.3, 0.4) is 0 Å². The summed E-state index contributed by atoms with van der Waals surface area (Å²) in [7, 11) is 0. The molecule has 4 heteroatoms. The molecule has 1 heterocycles. The summed E-state index contributed by atoms with van der Waals surface area (Å²) < 4.78 is 6.14. The molecule has 0 aromatic carbocycles. The van der Waals surface area contributed by atoms with Gasteiger partial charge in [0.2, 0.25) is 0 Å². The predicted molar refractivity (Wildman–Crippen MR) is 132 cm³/mol. The summed E-state index contributed by atoms with van der Waals surface area (Å²) in [5, 5.41) is 21.3. The Balaban J connectivity index is 1.27. The van der Waals surface area contributed by atoms with Gasteiger partial charge in [0, 0.05) is 11.8 Å². The largest absolute Gasteiger partial charge is 0.390 e. The number of Topliss-reactive ketones (excluding diaryl/α,β-unsaturated/α-hetero) is 1. The number of ketones is 1. The van der Waals surface area contributed by atoms with Crippen molar-refractivity contribution < 1.29 is 19.7 Å². The van der Waals surface area contributed by atoms with E-state index in [4.69, 9.17) is 4.74 Å². The normalized spacial score (nSPS) is 56.2. The molecule has 1 saturated heterocycles. The van der Waals surface area contributed by atoms with Crippen LogP contribution in [0.4, 0.5) is 0 Å². The van der Waals surface area contributed by atoms with Crippen LogP contribution < -0.4 is 0 Å². The van der Waals surface area contributed by atoms with E-state index in [9.17, 15) is 15.0 Å². The first kappa shape index (κ1) is 23.9. The predicted octanol–water partition coefficient (Wildman–Crippen LogP) is 5.53. The molecule has 2 spiro atoms. The molecule has 0 unspecified atom stereocenters. The van der Waals surface area contributed by atoms with Crippen molar-refractivity contribution in [1.82, 2.24) is 0 Å². The number of aliphatic hydroxyl groups is 2. The fraction of sp³-hybridized carbons (Fsp3) is 0.967.